The minimum absolute atomic E-state index is 0.277. The van der Waals surface area contributed by atoms with Crippen molar-refractivity contribution < 1.29 is 9.53 Å². The van der Waals surface area contributed by atoms with E-state index in [4.69, 9.17) is 0 Å². The van der Waals surface area contributed by atoms with Crippen LogP contribution in [0.4, 0.5) is 0 Å². The van der Waals surface area contributed by atoms with Crippen molar-refractivity contribution in [3.8, 4) is 0 Å². The van der Waals surface area contributed by atoms with Crippen molar-refractivity contribution in [2.24, 2.45) is 0 Å². The molecule has 4 heteroatoms. The van der Waals surface area contributed by atoms with Crippen LogP contribution in [0.25, 0.3) is 0 Å². The molecule has 0 saturated carbocycles. The number of esters is 1. The van der Waals surface area contributed by atoms with Crippen LogP contribution >= 0.6 is 0 Å². The molecule has 0 aromatic heterocycles. The number of piperazine rings is 1. The first-order chi connectivity index (χ1) is 10.7. The molecule has 126 valence electrons. The van der Waals surface area contributed by atoms with Crippen LogP contribution < -0.4 is 0 Å². The number of rotatable bonds is 3. The predicted molar refractivity (Wildman–Crippen MR) is 93.3 cm³/mol. The van der Waals surface area contributed by atoms with Crippen LogP contribution in [0.2, 0.25) is 0 Å². The third kappa shape index (κ3) is 7.05. The summed E-state index contributed by atoms with van der Waals surface area (Å²) in [4.78, 5) is 16.1. The molecule has 4 nitrogen and oxygen atoms in total. The lowest BCUT2D eigenvalue weighted by Crippen LogP contribution is -2.43. The number of nitrogens with zero attached hydrogens (tertiary/aromatic N) is 2. The van der Waals surface area contributed by atoms with Crippen LogP contribution in [0.15, 0.2) is 24.3 Å². The van der Waals surface area contributed by atoms with E-state index in [1.54, 1.807) is 0 Å². The van der Waals surface area contributed by atoms with E-state index in [-0.39, 0.29) is 5.97 Å². The highest BCUT2D eigenvalue weighted by Gasteiger charge is 2.14. The van der Waals surface area contributed by atoms with E-state index in [1.165, 1.54) is 12.7 Å². The Hall–Kier alpha value is -1.39. The monoisotopic (exact) mass is 308 g/mol. The van der Waals surface area contributed by atoms with Crippen LogP contribution in [0, 0.1) is 0 Å². The van der Waals surface area contributed by atoms with Gasteiger partial charge in [-0.3, -0.25) is 4.90 Å². The Balaban J connectivity index is 0.00000102. The summed E-state index contributed by atoms with van der Waals surface area (Å²) in [5.74, 6) is -0.277. The normalized spacial score (nSPS) is 15.0. The summed E-state index contributed by atoms with van der Waals surface area (Å²) < 4.78 is 4.68. The first-order valence-corrected chi connectivity index (χ1v) is 8.27. The minimum atomic E-state index is -0.277. The number of ether oxygens (including phenoxy) is 1. The summed E-state index contributed by atoms with van der Waals surface area (Å²) >= 11 is 0. The van der Waals surface area contributed by atoms with Crippen LogP contribution in [0.5, 0.6) is 0 Å². The van der Waals surface area contributed by atoms with Crippen molar-refractivity contribution in [1.82, 2.24) is 9.80 Å². The van der Waals surface area contributed by atoms with E-state index < -0.39 is 0 Å². The van der Waals surface area contributed by atoms with Crippen LogP contribution in [0.3, 0.4) is 0 Å². The fraction of sp³-hybridized carbons (Fsp3) is 0.611. The fourth-order valence-electron chi connectivity index (χ4n) is 2.13. The second-order valence-corrected chi connectivity index (χ2v) is 4.77. The lowest BCUT2D eigenvalue weighted by atomic mass is 10.1. The second kappa shape index (κ2) is 12.2. The summed E-state index contributed by atoms with van der Waals surface area (Å²) in [7, 11) is 3.56. The van der Waals surface area contributed by atoms with Crippen LogP contribution in [0.1, 0.15) is 43.6 Å². The molecule has 0 amide bonds. The highest BCUT2D eigenvalue weighted by Crippen LogP contribution is 2.10. The Bertz CT molecular complexity index is 396. The zero-order valence-electron chi connectivity index (χ0n) is 15.1. The number of hydrogen-bond donors (Lipinski definition) is 0. The zero-order valence-corrected chi connectivity index (χ0v) is 15.1. The molecule has 22 heavy (non-hydrogen) atoms. The Morgan fingerprint density at radius 2 is 1.50 bits per heavy atom. The highest BCUT2D eigenvalue weighted by molar-refractivity contribution is 5.89. The zero-order chi connectivity index (χ0) is 17.0. The molecule has 0 radical (unpaired) electrons. The van der Waals surface area contributed by atoms with Gasteiger partial charge in [0.25, 0.3) is 0 Å². The maximum absolute atomic E-state index is 11.3. The molecule has 0 unspecified atom stereocenters. The molecule has 0 atom stereocenters. The van der Waals surface area contributed by atoms with Crippen molar-refractivity contribution in [1.29, 1.82) is 0 Å². The van der Waals surface area contributed by atoms with Gasteiger partial charge in [-0.1, -0.05) is 39.8 Å². The lowest BCUT2D eigenvalue weighted by molar-refractivity contribution is 0.0600. The van der Waals surface area contributed by atoms with Gasteiger partial charge in [0.2, 0.25) is 0 Å². The number of carbonyl (C=O) groups excluding carboxylic acids is 1. The molecular formula is C18H32N2O2. The van der Waals surface area contributed by atoms with Gasteiger partial charge >= 0.3 is 5.97 Å². The summed E-state index contributed by atoms with van der Waals surface area (Å²) in [5.41, 5.74) is 1.85. The Morgan fingerprint density at radius 1 is 1.00 bits per heavy atom. The lowest BCUT2D eigenvalue weighted by Gasteiger charge is -2.32. The Morgan fingerprint density at radius 3 is 1.95 bits per heavy atom. The first kappa shape index (κ1) is 20.6. The molecule has 0 spiro atoms. The van der Waals surface area contributed by atoms with E-state index in [2.05, 4.69) is 21.6 Å². The smallest absolute Gasteiger partial charge is 0.337 e. The van der Waals surface area contributed by atoms with E-state index in [0.717, 1.165) is 32.7 Å². The van der Waals surface area contributed by atoms with E-state index in [0.29, 0.717) is 5.56 Å². The predicted octanol–water partition coefficient (Wildman–Crippen LogP) is 3.27. The quantitative estimate of drug-likeness (QED) is 0.802. The van der Waals surface area contributed by atoms with Gasteiger partial charge in [-0.15, -0.1) is 0 Å². The fourth-order valence-corrected chi connectivity index (χ4v) is 2.13. The van der Waals surface area contributed by atoms with E-state index in [9.17, 15) is 4.79 Å². The molecule has 1 aromatic rings. The van der Waals surface area contributed by atoms with Gasteiger partial charge in [0.15, 0.2) is 0 Å². The van der Waals surface area contributed by atoms with Crippen molar-refractivity contribution in [3.05, 3.63) is 35.4 Å². The van der Waals surface area contributed by atoms with Crippen LogP contribution in [-0.2, 0) is 11.3 Å². The number of likely N-dealkylation sites (N-methyl/N-ethyl adjacent to an activating group) is 1. The second-order valence-electron chi connectivity index (χ2n) is 4.77. The highest BCUT2D eigenvalue weighted by atomic mass is 16.5. The van der Waals surface area contributed by atoms with Crippen LogP contribution in [-0.4, -0.2) is 56.1 Å². The first-order valence-electron chi connectivity index (χ1n) is 8.27. The number of methoxy groups -OCH3 is 1. The van der Waals surface area contributed by atoms with E-state index >= 15 is 0 Å². The van der Waals surface area contributed by atoms with Gasteiger partial charge in [0.1, 0.15) is 0 Å². The van der Waals surface area contributed by atoms with Gasteiger partial charge in [0.05, 0.1) is 12.7 Å². The summed E-state index contributed by atoms with van der Waals surface area (Å²) in [6.45, 7) is 13.4. The van der Waals surface area contributed by atoms with Crippen molar-refractivity contribution in [2.75, 3.05) is 40.3 Å². The Kier molecular flexibility index (Phi) is 11.4. The average Bonchev–Trinajstić information content (AvgIpc) is 2.60. The minimum Gasteiger partial charge on any atom is -0.465 e. The maximum Gasteiger partial charge on any atom is 0.337 e. The number of carbonyl (C=O) groups is 1. The van der Waals surface area contributed by atoms with Gasteiger partial charge in [0, 0.05) is 32.7 Å². The molecule has 1 aromatic carbocycles. The molecule has 1 fully saturated rings. The Labute approximate surface area is 136 Å². The molecule has 1 heterocycles. The SMILES string of the molecule is CC.CC.COC(=O)c1ccc(CN2CCN(C)CC2)cc1. The average molecular weight is 308 g/mol. The van der Waals surface area contributed by atoms with Gasteiger partial charge < -0.3 is 9.64 Å². The topological polar surface area (TPSA) is 32.8 Å². The largest absolute Gasteiger partial charge is 0.465 e. The van der Waals surface area contributed by atoms with Crippen molar-refractivity contribution >= 4 is 5.97 Å². The van der Waals surface area contributed by atoms with Crippen molar-refractivity contribution in [2.45, 2.75) is 34.2 Å². The van der Waals surface area contributed by atoms with Crippen molar-refractivity contribution in [3.63, 3.8) is 0 Å². The third-order valence-electron chi connectivity index (χ3n) is 3.38. The number of hydrogen-bond acceptors (Lipinski definition) is 4. The summed E-state index contributed by atoms with van der Waals surface area (Å²) in [5, 5.41) is 0. The maximum atomic E-state index is 11.3. The van der Waals surface area contributed by atoms with Gasteiger partial charge in [-0.25, -0.2) is 4.79 Å². The number of benzene rings is 1. The molecule has 2 rings (SSSR count). The molecular weight excluding hydrogens is 276 g/mol. The van der Waals surface area contributed by atoms with E-state index in [1.807, 2.05) is 52.0 Å². The van der Waals surface area contributed by atoms with Gasteiger partial charge in [-0.05, 0) is 24.7 Å². The summed E-state index contributed by atoms with van der Waals surface area (Å²) in [6, 6.07) is 7.67. The van der Waals surface area contributed by atoms with Gasteiger partial charge in [-0.2, -0.15) is 0 Å². The molecule has 1 aliphatic rings. The molecule has 1 saturated heterocycles. The summed E-state index contributed by atoms with van der Waals surface area (Å²) in [6.07, 6.45) is 0. The standard InChI is InChI=1S/C14H20N2O2.2C2H6/c1-15-7-9-16(10-8-15)11-12-3-5-13(6-4-12)14(17)18-2;2*1-2/h3-6H,7-11H2,1-2H3;2*1-2H3. The molecule has 0 N–H and O–H groups in total. The molecule has 1 aliphatic heterocycles. The molecule has 0 aliphatic carbocycles. The third-order valence-corrected chi connectivity index (χ3v) is 3.38. The molecule has 0 bridgehead atoms.